The van der Waals surface area contributed by atoms with Gasteiger partial charge in [-0.05, 0) is 30.6 Å². The number of amides is 4. The van der Waals surface area contributed by atoms with E-state index in [1.54, 1.807) is 9.80 Å². The van der Waals surface area contributed by atoms with Crippen LogP contribution < -0.4 is 5.32 Å². The van der Waals surface area contributed by atoms with Gasteiger partial charge in [0.1, 0.15) is 13.2 Å². The summed E-state index contributed by atoms with van der Waals surface area (Å²) in [6.45, 7) is 0.467. The van der Waals surface area contributed by atoms with E-state index in [9.17, 15) is 28.8 Å². The molecule has 2 heterocycles. The van der Waals surface area contributed by atoms with Crippen LogP contribution in [0.2, 0.25) is 0 Å². The molecule has 0 spiro atoms. The number of rotatable bonds is 12. The van der Waals surface area contributed by atoms with Crippen molar-refractivity contribution in [2.45, 2.75) is 51.0 Å². The third-order valence-electron chi connectivity index (χ3n) is 8.04. The molecule has 42 heavy (non-hydrogen) atoms. The SMILES string of the molecule is COCC(=O)OCC1CN(C(=O)CCNC(=O)OCC2[C@H]3CCC#CCC[C@@H]23)CCN1CC(=O)ON1C(=O)CCC1=O. The van der Waals surface area contributed by atoms with Crippen molar-refractivity contribution < 1.29 is 47.8 Å². The minimum Gasteiger partial charge on any atom is -0.462 e. The Kier molecular flexibility index (Phi) is 11.1. The summed E-state index contributed by atoms with van der Waals surface area (Å²) in [5.41, 5.74) is 0. The number of carbonyl (C=O) groups is 6. The first-order valence-electron chi connectivity index (χ1n) is 14.4. The zero-order chi connectivity index (χ0) is 30.1. The van der Waals surface area contributed by atoms with E-state index in [1.807, 2.05) is 0 Å². The second kappa shape index (κ2) is 15.0. The molecule has 2 saturated heterocycles. The lowest BCUT2D eigenvalue weighted by atomic mass is 10.1. The van der Waals surface area contributed by atoms with Gasteiger partial charge in [0.25, 0.3) is 11.8 Å². The van der Waals surface area contributed by atoms with Gasteiger partial charge in [-0.2, -0.15) is 0 Å². The first-order chi connectivity index (χ1) is 20.3. The molecular formula is C28H38N4O10. The van der Waals surface area contributed by atoms with Gasteiger partial charge < -0.3 is 29.3 Å². The highest BCUT2D eigenvalue weighted by Gasteiger charge is 2.49. The number of fused-ring (bicyclic) bond motifs is 1. The zero-order valence-electron chi connectivity index (χ0n) is 23.8. The number of hydrogen-bond acceptors (Lipinski definition) is 11. The molecule has 230 valence electrons. The van der Waals surface area contributed by atoms with E-state index in [-0.39, 0.29) is 71.1 Å². The standard InChI is InChI=1S/C28H38N4O10/c1-39-18-27(37)40-16-19-14-31(13-12-30(19)15-26(36)42-32-24(34)8-9-25(32)35)23(33)10-11-29-28(38)41-17-22-20-6-4-2-3-5-7-21(20)22/h19-22H,4-18H2,1H3,(H,29,38)/t19?,20-,21+,22?. The summed E-state index contributed by atoms with van der Waals surface area (Å²) in [6.07, 6.45) is 3.31. The Balaban J connectivity index is 1.20. The molecule has 4 atom stereocenters. The Morgan fingerprint density at radius 1 is 0.929 bits per heavy atom. The Hall–Kier alpha value is -3.70. The number of ether oxygens (including phenoxy) is 3. The molecule has 14 nitrogen and oxygen atoms in total. The van der Waals surface area contributed by atoms with Gasteiger partial charge in [0.2, 0.25) is 5.91 Å². The number of methoxy groups -OCH3 is 1. The van der Waals surface area contributed by atoms with Crippen LogP contribution >= 0.6 is 0 Å². The predicted molar refractivity (Wildman–Crippen MR) is 143 cm³/mol. The molecule has 4 aliphatic rings. The van der Waals surface area contributed by atoms with E-state index in [0.29, 0.717) is 29.4 Å². The smallest absolute Gasteiger partial charge is 0.407 e. The summed E-state index contributed by atoms with van der Waals surface area (Å²) in [6, 6.07) is -0.556. The first kappa shape index (κ1) is 31.2. The fourth-order valence-corrected chi connectivity index (χ4v) is 5.72. The van der Waals surface area contributed by atoms with E-state index < -0.39 is 35.9 Å². The molecule has 0 aromatic rings. The predicted octanol–water partition coefficient (Wildman–Crippen LogP) is -0.148. The van der Waals surface area contributed by atoms with Crippen molar-refractivity contribution in [3.05, 3.63) is 0 Å². The molecule has 1 N–H and O–H groups in total. The number of nitrogens with one attached hydrogen (secondary N) is 1. The molecule has 0 radical (unpaired) electrons. The number of hydrogen-bond donors (Lipinski definition) is 1. The van der Waals surface area contributed by atoms with E-state index in [1.165, 1.54) is 7.11 Å². The van der Waals surface area contributed by atoms with Crippen molar-refractivity contribution in [3.63, 3.8) is 0 Å². The highest BCUT2D eigenvalue weighted by Crippen LogP contribution is 2.52. The highest BCUT2D eigenvalue weighted by molar-refractivity contribution is 6.01. The number of imide groups is 1. The van der Waals surface area contributed by atoms with Crippen molar-refractivity contribution in [3.8, 4) is 11.8 Å². The van der Waals surface area contributed by atoms with Gasteiger partial charge in [0.15, 0.2) is 0 Å². The summed E-state index contributed by atoms with van der Waals surface area (Å²) in [5.74, 6) is 5.02. The zero-order valence-corrected chi connectivity index (χ0v) is 23.8. The molecule has 2 aliphatic heterocycles. The average molecular weight is 591 g/mol. The maximum Gasteiger partial charge on any atom is 0.407 e. The second-order valence-electron chi connectivity index (χ2n) is 10.8. The molecule has 2 aliphatic carbocycles. The van der Waals surface area contributed by atoms with Crippen LogP contribution in [0.4, 0.5) is 4.79 Å². The molecule has 1 saturated carbocycles. The van der Waals surface area contributed by atoms with Crippen LogP contribution in [0.3, 0.4) is 0 Å². The molecule has 0 bridgehead atoms. The summed E-state index contributed by atoms with van der Waals surface area (Å²) >= 11 is 0. The maximum atomic E-state index is 12.9. The topological polar surface area (TPSA) is 161 Å². The Labute approximate surface area is 244 Å². The number of esters is 1. The van der Waals surface area contributed by atoms with Crippen LogP contribution in [-0.4, -0.2) is 116 Å². The lowest BCUT2D eigenvalue weighted by molar-refractivity contribution is -0.199. The normalized spacial score (nSPS) is 25.4. The second-order valence-corrected chi connectivity index (χ2v) is 10.8. The van der Waals surface area contributed by atoms with Crippen LogP contribution in [0.5, 0.6) is 0 Å². The van der Waals surface area contributed by atoms with Gasteiger partial charge in [-0.15, -0.1) is 16.9 Å². The third-order valence-corrected chi connectivity index (χ3v) is 8.04. The van der Waals surface area contributed by atoms with Gasteiger partial charge in [0, 0.05) is 65.4 Å². The fraction of sp³-hybridized carbons (Fsp3) is 0.714. The number of carbonyl (C=O) groups excluding carboxylic acids is 6. The van der Waals surface area contributed by atoms with Crippen molar-refractivity contribution in [2.24, 2.45) is 17.8 Å². The van der Waals surface area contributed by atoms with Crippen molar-refractivity contribution in [1.82, 2.24) is 20.2 Å². The van der Waals surface area contributed by atoms with Crippen LogP contribution in [0.25, 0.3) is 0 Å². The minimum absolute atomic E-state index is 0.0190. The molecule has 3 fully saturated rings. The Morgan fingerprint density at radius 2 is 1.62 bits per heavy atom. The van der Waals surface area contributed by atoms with Crippen molar-refractivity contribution >= 4 is 35.8 Å². The van der Waals surface area contributed by atoms with Crippen LogP contribution in [0, 0.1) is 29.6 Å². The van der Waals surface area contributed by atoms with Crippen LogP contribution in [-0.2, 0) is 43.0 Å². The maximum absolute atomic E-state index is 12.9. The number of hydroxylamine groups is 2. The lowest BCUT2D eigenvalue weighted by Gasteiger charge is -2.40. The largest absolute Gasteiger partial charge is 0.462 e. The van der Waals surface area contributed by atoms with Gasteiger partial charge in [-0.25, -0.2) is 14.4 Å². The van der Waals surface area contributed by atoms with Crippen molar-refractivity contribution in [1.29, 1.82) is 0 Å². The van der Waals surface area contributed by atoms with Gasteiger partial charge in [-0.1, -0.05) is 0 Å². The molecule has 14 heteroatoms. The summed E-state index contributed by atoms with van der Waals surface area (Å²) in [7, 11) is 1.35. The molecule has 0 aromatic carbocycles. The first-order valence-corrected chi connectivity index (χ1v) is 14.4. The molecule has 4 amide bonds. The number of alkyl carbamates (subject to hydrolysis) is 1. The van der Waals surface area contributed by atoms with Crippen LogP contribution in [0.1, 0.15) is 44.9 Å². The monoisotopic (exact) mass is 590 g/mol. The lowest BCUT2D eigenvalue weighted by Crippen LogP contribution is -2.58. The Morgan fingerprint density at radius 3 is 2.29 bits per heavy atom. The summed E-state index contributed by atoms with van der Waals surface area (Å²) < 4.78 is 15.4. The van der Waals surface area contributed by atoms with Gasteiger partial charge >= 0.3 is 18.0 Å². The van der Waals surface area contributed by atoms with E-state index in [0.717, 1.165) is 25.7 Å². The quantitative estimate of drug-likeness (QED) is 0.183. The number of piperazine rings is 1. The highest BCUT2D eigenvalue weighted by atomic mass is 16.7. The van der Waals surface area contributed by atoms with Crippen LogP contribution in [0.15, 0.2) is 0 Å². The molecule has 4 rings (SSSR count). The Bertz CT molecular complexity index is 1080. The summed E-state index contributed by atoms with van der Waals surface area (Å²) in [5, 5.41) is 3.11. The molecular weight excluding hydrogens is 552 g/mol. The van der Waals surface area contributed by atoms with E-state index in [2.05, 4.69) is 17.2 Å². The molecule has 2 unspecified atom stereocenters. The average Bonchev–Trinajstić information content (AvgIpc) is 3.50. The fourth-order valence-electron chi connectivity index (χ4n) is 5.72. The van der Waals surface area contributed by atoms with E-state index >= 15 is 0 Å². The third kappa shape index (κ3) is 8.65. The van der Waals surface area contributed by atoms with Gasteiger partial charge in [0.05, 0.1) is 19.2 Å². The molecule has 0 aromatic heterocycles. The summed E-state index contributed by atoms with van der Waals surface area (Å²) in [4.78, 5) is 81.2. The number of nitrogens with zero attached hydrogens (tertiary/aromatic N) is 3. The van der Waals surface area contributed by atoms with Gasteiger partial charge in [-0.3, -0.25) is 19.3 Å². The minimum atomic E-state index is -0.820. The van der Waals surface area contributed by atoms with Crippen molar-refractivity contribution in [2.75, 3.05) is 59.7 Å². The van der Waals surface area contributed by atoms with E-state index in [4.69, 9.17) is 19.0 Å².